The highest BCUT2D eigenvalue weighted by atomic mass is 16.5. The lowest BCUT2D eigenvalue weighted by molar-refractivity contribution is -0.507. The molecular weight excluding hydrogens is 578 g/mol. The summed E-state index contributed by atoms with van der Waals surface area (Å²) in [6.45, 7) is 20.5. The molecule has 1 saturated carbocycles. The molecule has 0 unspecified atom stereocenters. The van der Waals surface area contributed by atoms with Crippen molar-refractivity contribution in [3.63, 3.8) is 0 Å². The van der Waals surface area contributed by atoms with E-state index in [4.69, 9.17) is 4.74 Å². The molecule has 0 saturated heterocycles. The number of esters is 1. The Balaban J connectivity index is 1.56. The summed E-state index contributed by atoms with van der Waals surface area (Å²) in [5.41, 5.74) is 12.8. The van der Waals surface area contributed by atoms with Crippen molar-refractivity contribution in [2.24, 2.45) is 0 Å². The van der Waals surface area contributed by atoms with Crippen molar-refractivity contribution in [3.8, 4) is 0 Å². The van der Waals surface area contributed by atoms with Gasteiger partial charge in [0.15, 0.2) is 6.04 Å². The Bertz CT molecular complexity index is 1660. The minimum atomic E-state index is -0.282. The van der Waals surface area contributed by atoms with Gasteiger partial charge in [0.1, 0.15) is 6.10 Å². The molecule has 246 valence electrons. The van der Waals surface area contributed by atoms with Crippen molar-refractivity contribution in [2.45, 2.75) is 79.4 Å². The van der Waals surface area contributed by atoms with Crippen molar-refractivity contribution < 1.29 is 14.5 Å². The molecule has 3 aromatic carbocycles. The monoisotopic (exact) mass is 630 g/mol. The summed E-state index contributed by atoms with van der Waals surface area (Å²) in [5, 5.41) is 0. The fourth-order valence-electron chi connectivity index (χ4n) is 7.04. The molecule has 5 heteroatoms. The Labute approximate surface area is 282 Å². The number of nitrogens with zero attached hydrogens (tertiary/aromatic N) is 2. The van der Waals surface area contributed by atoms with Crippen LogP contribution in [0.15, 0.2) is 91.0 Å². The minimum Gasteiger partial charge on any atom is -0.459 e. The zero-order valence-corrected chi connectivity index (χ0v) is 29.2. The maximum Gasteiger partial charge on any atom is 0.333 e. The summed E-state index contributed by atoms with van der Waals surface area (Å²) < 4.78 is 5.65. The second-order valence-corrected chi connectivity index (χ2v) is 12.8. The molecule has 0 radical (unpaired) electrons. The number of carbonyl (C=O) groups excluding carboxylic acids is 1. The van der Waals surface area contributed by atoms with Gasteiger partial charge < -0.3 is 14.5 Å². The fraction of sp³-hybridized carbons (Fsp3) is 0.381. The molecule has 0 heterocycles. The van der Waals surface area contributed by atoms with Gasteiger partial charge in [-0.05, 0) is 124 Å². The lowest BCUT2D eigenvalue weighted by atomic mass is 9.82. The van der Waals surface area contributed by atoms with Crippen LogP contribution in [0, 0.1) is 6.92 Å². The van der Waals surface area contributed by atoms with Gasteiger partial charge in [0.05, 0.1) is 5.56 Å². The number of rotatable bonds is 11. The van der Waals surface area contributed by atoms with Crippen molar-refractivity contribution in [1.29, 1.82) is 0 Å². The quantitative estimate of drug-likeness (QED) is 0.176. The third kappa shape index (κ3) is 7.62. The zero-order valence-electron chi connectivity index (χ0n) is 29.2. The number of carbonyl (C=O) groups is 1. The van der Waals surface area contributed by atoms with Gasteiger partial charge >= 0.3 is 5.97 Å². The minimum absolute atomic E-state index is 0.0296. The summed E-state index contributed by atoms with van der Waals surface area (Å²) in [7, 11) is 0. The molecule has 0 aliphatic heterocycles. The van der Waals surface area contributed by atoms with Gasteiger partial charge in [0, 0.05) is 62.0 Å². The number of anilines is 2. The number of ether oxygens (including phenoxy) is 1. The van der Waals surface area contributed by atoms with Gasteiger partial charge in [-0.25, -0.2) is 9.79 Å². The second kappa shape index (κ2) is 15.5. The van der Waals surface area contributed by atoms with Crippen molar-refractivity contribution in [2.75, 3.05) is 36.0 Å². The predicted octanol–water partition coefficient (Wildman–Crippen LogP) is 7.52. The molecule has 0 atom stereocenters. The molecule has 5 nitrogen and oxygen atoms in total. The molecule has 5 rings (SSSR count). The first-order valence-corrected chi connectivity index (χ1v) is 17.5. The van der Waals surface area contributed by atoms with Gasteiger partial charge in [0.2, 0.25) is 5.71 Å². The number of aryl methyl sites for hydroxylation is 1. The Morgan fingerprint density at radius 1 is 0.809 bits per heavy atom. The van der Waals surface area contributed by atoms with Crippen LogP contribution >= 0.6 is 0 Å². The van der Waals surface area contributed by atoms with Crippen LogP contribution in [-0.2, 0) is 9.53 Å². The Kier molecular flexibility index (Phi) is 11.2. The van der Waals surface area contributed by atoms with E-state index in [1.54, 1.807) is 6.92 Å². The first-order valence-electron chi connectivity index (χ1n) is 17.5. The molecule has 2 aliphatic carbocycles. The smallest absolute Gasteiger partial charge is 0.333 e. The van der Waals surface area contributed by atoms with Crippen LogP contribution < -0.4 is 14.8 Å². The highest BCUT2D eigenvalue weighted by molar-refractivity contribution is 6.17. The van der Waals surface area contributed by atoms with Crippen LogP contribution in [0.4, 0.5) is 11.4 Å². The van der Waals surface area contributed by atoms with Crippen LogP contribution in [-0.4, -0.2) is 50.0 Å². The summed E-state index contributed by atoms with van der Waals surface area (Å²) in [6.07, 6.45) is 8.16. The van der Waals surface area contributed by atoms with E-state index in [0.29, 0.717) is 11.6 Å². The maximum absolute atomic E-state index is 12.0. The van der Waals surface area contributed by atoms with Crippen molar-refractivity contribution in [1.82, 2.24) is 0 Å². The van der Waals surface area contributed by atoms with Crippen LogP contribution in [0.5, 0.6) is 0 Å². The van der Waals surface area contributed by atoms with E-state index in [9.17, 15) is 4.79 Å². The largest absolute Gasteiger partial charge is 0.459 e. The first kappa shape index (κ1) is 34.0. The average molecular weight is 631 g/mol. The number of hydrogen-bond acceptors (Lipinski definition) is 4. The zero-order chi connectivity index (χ0) is 33.5. The SMILES string of the molecule is C=C(C)C(=O)OC1CCC([NH+]=C2C=C/C(=C(\c3ccc(N(CC)CC)cc3)c3ccc(N(CC)CC)cc3C)c3ccccc32)CC1. The van der Waals surface area contributed by atoms with E-state index >= 15 is 0 Å². The molecule has 1 N–H and O–H groups in total. The summed E-state index contributed by atoms with van der Waals surface area (Å²) in [5.74, 6) is -0.282. The Morgan fingerprint density at radius 2 is 1.40 bits per heavy atom. The molecule has 0 amide bonds. The predicted molar refractivity (Wildman–Crippen MR) is 198 cm³/mol. The molecule has 3 aromatic rings. The van der Waals surface area contributed by atoms with Gasteiger partial charge in [-0.15, -0.1) is 0 Å². The molecule has 0 aromatic heterocycles. The van der Waals surface area contributed by atoms with Gasteiger partial charge in [-0.1, -0.05) is 43.0 Å². The van der Waals surface area contributed by atoms with Gasteiger partial charge in [-0.2, -0.15) is 0 Å². The second-order valence-electron chi connectivity index (χ2n) is 12.8. The Hall–Kier alpha value is -4.38. The summed E-state index contributed by atoms with van der Waals surface area (Å²) >= 11 is 0. The van der Waals surface area contributed by atoms with E-state index in [-0.39, 0.29) is 12.1 Å². The third-order valence-electron chi connectivity index (χ3n) is 9.74. The van der Waals surface area contributed by atoms with E-state index in [2.05, 4.69) is 135 Å². The average Bonchev–Trinajstić information content (AvgIpc) is 3.09. The Morgan fingerprint density at radius 3 is 2.00 bits per heavy atom. The molecule has 0 bridgehead atoms. The topological polar surface area (TPSA) is 46.8 Å². The molecule has 0 spiro atoms. The number of hydrogen-bond donors (Lipinski definition) is 1. The number of allylic oxidation sites excluding steroid dienone is 3. The number of nitrogens with one attached hydrogen (secondary N) is 1. The van der Waals surface area contributed by atoms with Crippen molar-refractivity contribution in [3.05, 3.63) is 119 Å². The molecule has 47 heavy (non-hydrogen) atoms. The van der Waals surface area contributed by atoms with Crippen molar-refractivity contribution >= 4 is 34.2 Å². The molecule has 2 aliphatic rings. The van der Waals surface area contributed by atoms with E-state index in [1.165, 1.54) is 50.3 Å². The van der Waals surface area contributed by atoms with E-state index in [1.807, 2.05) is 0 Å². The third-order valence-corrected chi connectivity index (χ3v) is 9.74. The van der Waals surface area contributed by atoms with Gasteiger partial charge in [-0.3, -0.25) is 0 Å². The van der Waals surface area contributed by atoms with Crippen LogP contribution in [0.2, 0.25) is 0 Å². The lowest BCUT2D eigenvalue weighted by Gasteiger charge is -2.26. The molecule has 1 fully saturated rings. The lowest BCUT2D eigenvalue weighted by Crippen LogP contribution is -2.80. The van der Waals surface area contributed by atoms with Crippen LogP contribution in [0.3, 0.4) is 0 Å². The normalized spacial score (nSPS) is 19.2. The number of fused-ring (bicyclic) bond motifs is 1. The summed E-state index contributed by atoms with van der Waals surface area (Å²) in [4.78, 5) is 20.7. The standard InChI is InChI=1S/C42H51N3O2/c1-8-44(9-2)33-20-16-31(17-21-33)41(36-25-22-34(28-30(36)7)45(10-3)11-4)39-26-27-40(38-15-13-12-14-37(38)39)43-32-18-23-35(24-19-32)47-42(46)29(5)6/h12-17,20-22,25-28,32,35H,5,8-11,18-19,23-24H2,1-4,6-7H3/p+1/b41-39-,43-40?. The first-order chi connectivity index (χ1) is 22.8. The number of benzene rings is 3. The van der Waals surface area contributed by atoms with E-state index < -0.39 is 0 Å². The van der Waals surface area contributed by atoms with Gasteiger partial charge in [0.25, 0.3) is 0 Å². The fourth-order valence-corrected chi connectivity index (χ4v) is 7.04. The molecular formula is C42H52N3O2+. The van der Waals surface area contributed by atoms with Crippen LogP contribution in [0.25, 0.3) is 11.1 Å². The van der Waals surface area contributed by atoms with Crippen LogP contribution in [0.1, 0.15) is 88.1 Å². The van der Waals surface area contributed by atoms with E-state index in [0.717, 1.165) is 57.6 Å². The highest BCUT2D eigenvalue weighted by Crippen LogP contribution is 2.39. The maximum atomic E-state index is 12.0. The summed E-state index contributed by atoms with van der Waals surface area (Å²) in [6, 6.07) is 25.2. The highest BCUT2D eigenvalue weighted by Gasteiger charge is 2.29.